The van der Waals surface area contributed by atoms with E-state index in [1.165, 1.54) is 25.1 Å². The number of nitriles is 1. The number of amides is 1. The number of rotatable bonds is 7. The van der Waals surface area contributed by atoms with Crippen molar-refractivity contribution in [3.63, 3.8) is 0 Å². The fourth-order valence-corrected chi connectivity index (χ4v) is 3.73. The van der Waals surface area contributed by atoms with E-state index >= 15 is 0 Å². The van der Waals surface area contributed by atoms with Gasteiger partial charge in [0, 0.05) is 30.8 Å². The molecule has 3 N–H and O–H groups in total. The molecule has 0 aliphatic heterocycles. The number of halogens is 1. The van der Waals surface area contributed by atoms with Crippen LogP contribution in [0.4, 0.5) is 15.9 Å². The maximum absolute atomic E-state index is 13.4. The predicted octanol–water partition coefficient (Wildman–Crippen LogP) is 2.92. The summed E-state index contributed by atoms with van der Waals surface area (Å²) < 4.78 is 21.0. The third-order valence-corrected chi connectivity index (χ3v) is 5.52. The minimum Gasteiger partial charge on any atom is -0.378 e. The Labute approximate surface area is 167 Å². The lowest BCUT2D eigenvalue weighted by atomic mass is 9.83. The quantitative estimate of drug-likeness (QED) is 0.692. The molecule has 152 valence electrons. The molecule has 0 spiro atoms. The van der Waals surface area contributed by atoms with Crippen LogP contribution in [0.3, 0.4) is 0 Å². The van der Waals surface area contributed by atoms with E-state index in [1.807, 2.05) is 0 Å². The summed E-state index contributed by atoms with van der Waals surface area (Å²) in [6.45, 7) is 0.775. The average Bonchev–Trinajstić information content (AvgIpc) is 3.44. The fraction of sp³-hybridized carbons (Fsp3) is 0.500. The van der Waals surface area contributed by atoms with Crippen LogP contribution in [0, 0.1) is 29.1 Å². The molecule has 2 saturated carbocycles. The van der Waals surface area contributed by atoms with Crippen molar-refractivity contribution in [3.05, 3.63) is 36.0 Å². The topological polar surface area (TPSA) is 119 Å². The molecule has 9 heteroatoms. The highest BCUT2D eigenvalue weighted by molar-refractivity contribution is 5.98. The van der Waals surface area contributed by atoms with Crippen molar-refractivity contribution >= 4 is 17.4 Å². The highest BCUT2D eigenvalue weighted by Gasteiger charge is 2.34. The summed E-state index contributed by atoms with van der Waals surface area (Å²) in [5.41, 5.74) is 6.09. The van der Waals surface area contributed by atoms with E-state index in [1.54, 1.807) is 16.9 Å². The molecule has 2 heterocycles. The fourth-order valence-electron chi connectivity index (χ4n) is 3.73. The Bertz CT molecular complexity index is 935. The minimum atomic E-state index is -0.650. The number of nitrogens with one attached hydrogen (secondary N) is 1. The molecule has 0 radical (unpaired) electrons. The molecule has 0 aromatic carbocycles. The van der Waals surface area contributed by atoms with Crippen LogP contribution in [0.25, 0.3) is 0 Å². The lowest BCUT2D eigenvalue weighted by Crippen LogP contribution is -2.31. The number of carbonyl (C=O) groups is 1. The van der Waals surface area contributed by atoms with E-state index in [0.29, 0.717) is 18.0 Å². The van der Waals surface area contributed by atoms with Gasteiger partial charge >= 0.3 is 0 Å². The van der Waals surface area contributed by atoms with Crippen LogP contribution in [0.2, 0.25) is 0 Å². The molecule has 2 aromatic heterocycles. The molecule has 2 aliphatic rings. The first-order chi connectivity index (χ1) is 14.0. The molecule has 2 aliphatic carbocycles. The maximum atomic E-state index is 13.4. The zero-order valence-electron chi connectivity index (χ0n) is 15.9. The molecule has 0 unspecified atom stereocenters. The van der Waals surface area contributed by atoms with Crippen LogP contribution in [-0.4, -0.2) is 33.4 Å². The minimum absolute atomic E-state index is 0.0834. The Kier molecular flexibility index (Phi) is 5.45. The molecule has 3 atom stereocenters. The third kappa shape index (κ3) is 4.54. The van der Waals surface area contributed by atoms with Crippen molar-refractivity contribution in [2.75, 3.05) is 11.9 Å². The zero-order chi connectivity index (χ0) is 20.4. The van der Waals surface area contributed by atoms with Gasteiger partial charge in [-0.15, -0.1) is 0 Å². The van der Waals surface area contributed by atoms with Crippen LogP contribution in [0.1, 0.15) is 48.5 Å². The van der Waals surface area contributed by atoms with E-state index in [-0.39, 0.29) is 29.4 Å². The van der Waals surface area contributed by atoms with Gasteiger partial charge in [-0.2, -0.15) is 14.8 Å². The molecule has 0 saturated heterocycles. The van der Waals surface area contributed by atoms with Crippen LogP contribution in [-0.2, 0) is 4.74 Å². The van der Waals surface area contributed by atoms with Gasteiger partial charge in [0.25, 0.3) is 5.91 Å². The molecule has 29 heavy (non-hydrogen) atoms. The number of carbonyl (C=O) groups excluding carboxylic acids is 1. The second kappa shape index (κ2) is 8.17. The number of ether oxygens (including phenoxy) is 1. The standard InChI is InChI=1S/C20H23FN6O2/c21-18-8-14(5-6-24-18)25-20-16(19(23)28)10-27(26-20)17-4-3-15(7-13(17)9-22)29-11-12-1-2-12/h5-6,8,10,12-13,15,17H,1-4,7,11H2,(H2,23,28)(H,24,25,26)/t13-,15+,17-/m0/s1. The highest BCUT2D eigenvalue weighted by Crippen LogP contribution is 2.37. The van der Waals surface area contributed by atoms with E-state index in [2.05, 4.69) is 21.5 Å². The molecule has 8 nitrogen and oxygen atoms in total. The zero-order valence-corrected chi connectivity index (χ0v) is 15.9. The van der Waals surface area contributed by atoms with Crippen molar-refractivity contribution in [1.82, 2.24) is 14.8 Å². The summed E-state index contributed by atoms with van der Waals surface area (Å²) >= 11 is 0. The lowest BCUT2D eigenvalue weighted by molar-refractivity contribution is 0.00154. The van der Waals surface area contributed by atoms with E-state index in [4.69, 9.17) is 10.5 Å². The molecular formula is C20H23FN6O2. The van der Waals surface area contributed by atoms with Gasteiger partial charge in [-0.05, 0) is 44.1 Å². The first-order valence-electron chi connectivity index (χ1n) is 9.82. The summed E-state index contributed by atoms with van der Waals surface area (Å²) in [6.07, 6.45) is 7.61. The highest BCUT2D eigenvalue weighted by atomic mass is 19.1. The molecule has 0 bridgehead atoms. The number of hydrogen-bond acceptors (Lipinski definition) is 6. The van der Waals surface area contributed by atoms with Gasteiger partial charge in [0.2, 0.25) is 5.95 Å². The largest absolute Gasteiger partial charge is 0.378 e. The first kappa shape index (κ1) is 19.3. The van der Waals surface area contributed by atoms with Gasteiger partial charge in [-0.25, -0.2) is 4.98 Å². The number of hydrogen-bond donors (Lipinski definition) is 2. The summed E-state index contributed by atoms with van der Waals surface area (Å²) in [7, 11) is 0. The average molecular weight is 398 g/mol. The lowest BCUT2D eigenvalue weighted by Gasteiger charge is -2.32. The summed E-state index contributed by atoms with van der Waals surface area (Å²) in [5.74, 6) is -0.664. The number of nitrogens with zero attached hydrogens (tertiary/aromatic N) is 4. The molecule has 2 aromatic rings. The number of primary amides is 1. The summed E-state index contributed by atoms with van der Waals surface area (Å²) in [4.78, 5) is 15.4. The first-order valence-corrected chi connectivity index (χ1v) is 9.82. The van der Waals surface area contributed by atoms with Gasteiger partial charge in [-0.1, -0.05) is 0 Å². The van der Waals surface area contributed by atoms with Crippen LogP contribution < -0.4 is 11.1 Å². The number of nitrogens with two attached hydrogens (primary N) is 1. The summed E-state index contributed by atoms with van der Waals surface area (Å²) in [5, 5.41) is 17.1. The SMILES string of the molecule is N#C[C@@H]1C[C@H](OCC2CC2)CC[C@@H]1n1cc(C(N)=O)c(Nc2ccnc(F)c2)n1. The Balaban J connectivity index is 1.51. The third-order valence-electron chi connectivity index (χ3n) is 5.52. The molecular weight excluding hydrogens is 375 g/mol. The number of anilines is 2. The maximum Gasteiger partial charge on any atom is 0.254 e. The van der Waals surface area contributed by atoms with Crippen molar-refractivity contribution in [3.8, 4) is 6.07 Å². The Morgan fingerprint density at radius 2 is 2.24 bits per heavy atom. The van der Waals surface area contributed by atoms with Crippen molar-refractivity contribution in [2.45, 2.75) is 44.2 Å². The van der Waals surface area contributed by atoms with Gasteiger partial charge in [-0.3, -0.25) is 9.48 Å². The molecule has 4 rings (SSSR count). The van der Waals surface area contributed by atoms with Crippen LogP contribution in [0.5, 0.6) is 0 Å². The van der Waals surface area contributed by atoms with E-state index in [9.17, 15) is 14.4 Å². The molecule has 1 amide bonds. The van der Waals surface area contributed by atoms with Gasteiger partial charge in [0.1, 0.15) is 5.56 Å². The van der Waals surface area contributed by atoms with Crippen LogP contribution >= 0.6 is 0 Å². The van der Waals surface area contributed by atoms with Crippen molar-refractivity contribution in [2.24, 2.45) is 17.6 Å². The Morgan fingerprint density at radius 3 is 2.93 bits per heavy atom. The van der Waals surface area contributed by atoms with Crippen molar-refractivity contribution in [1.29, 1.82) is 5.26 Å². The normalized spacial score (nSPS) is 24.1. The van der Waals surface area contributed by atoms with E-state index < -0.39 is 11.9 Å². The number of aromatic nitrogens is 3. The Morgan fingerprint density at radius 1 is 1.41 bits per heavy atom. The van der Waals surface area contributed by atoms with Gasteiger partial charge in [0.15, 0.2) is 5.82 Å². The smallest absolute Gasteiger partial charge is 0.254 e. The summed E-state index contributed by atoms with van der Waals surface area (Å²) in [6, 6.07) is 4.95. The molecule has 2 fully saturated rings. The van der Waals surface area contributed by atoms with Gasteiger partial charge < -0.3 is 15.8 Å². The van der Waals surface area contributed by atoms with Gasteiger partial charge in [0.05, 0.1) is 24.1 Å². The monoisotopic (exact) mass is 398 g/mol. The second-order valence-corrected chi connectivity index (χ2v) is 7.74. The van der Waals surface area contributed by atoms with E-state index in [0.717, 1.165) is 19.4 Å². The second-order valence-electron chi connectivity index (χ2n) is 7.74. The van der Waals surface area contributed by atoms with Crippen LogP contribution in [0.15, 0.2) is 24.5 Å². The predicted molar refractivity (Wildman–Crippen MR) is 103 cm³/mol. The van der Waals surface area contributed by atoms with Crippen molar-refractivity contribution < 1.29 is 13.9 Å². The Hall–Kier alpha value is -2.99. The number of pyridine rings is 1.